The predicted molar refractivity (Wildman–Crippen MR) is 108 cm³/mol. The number of hydrogen-bond donors (Lipinski definition) is 1. The van der Waals surface area contributed by atoms with Crippen LogP contribution in [0.25, 0.3) is 10.7 Å². The number of rotatable bonds is 4. The van der Waals surface area contributed by atoms with Crippen molar-refractivity contribution in [3.05, 3.63) is 70.9 Å². The van der Waals surface area contributed by atoms with E-state index in [0.29, 0.717) is 24.5 Å². The van der Waals surface area contributed by atoms with Crippen molar-refractivity contribution in [3.8, 4) is 10.7 Å². The summed E-state index contributed by atoms with van der Waals surface area (Å²) in [5.41, 5.74) is 8.83. The number of aromatic nitrogens is 2. The molecule has 6 heteroatoms. The third kappa shape index (κ3) is 3.50. The molecule has 2 N–H and O–H groups in total. The SMILES string of the molecule is Cc1nc(-c2ccccn2)sc1C(=O)N1C[C@@H](CN)[C@H](c2ccccc2)C1. The number of nitrogens with two attached hydrogens (primary N) is 1. The second kappa shape index (κ2) is 7.58. The molecule has 4 rings (SSSR count). The first-order valence-electron chi connectivity index (χ1n) is 9.10. The molecule has 2 aromatic heterocycles. The minimum absolute atomic E-state index is 0.0454. The van der Waals surface area contributed by atoms with Crippen molar-refractivity contribution in [2.24, 2.45) is 11.7 Å². The highest BCUT2D eigenvalue weighted by Gasteiger charge is 2.36. The molecule has 0 saturated carbocycles. The number of likely N-dealkylation sites (tertiary alicyclic amines) is 1. The molecule has 0 bridgehead atoms. The van der Waals surface area contributed by atoms with Crippen LogP contribution < -0.4 is 5.73 Å². The van der Waals surface area contributed by atoms with Crippen LogP contribution in [-0.4, -0.2) is 40.4 Å². The molecule has 0 spiro atoms. The average Bonchev–Trinajstić information content (AvgIpc) is 3.33. The van der Waals surface area contributed by atoms with E-state index in [9.17, 15) is 4.79 Å². The van der Waals surface area contributed by atoms with E-state index < -0.39 is 0 Å². The van der Waals surface area contributed by atoms with Gasteiger partial charge in [-0.3, -0.25) is 9.78 Å². The van der Waals surface area contributed by atoms with E-state index in [4.69, 9.17) is 5.73 Å². The van der Waals surface area contributed by atoms with Gasteiger partial charge in [0.1, 0.15) is 9.88 Å². The number of pyridine rings is 1. The van der Waals surface area contributed by atoms with Gasteiger partial charge in [0.05, 0.1) is 11.4 Å². The maximum absolute atomic E-state index is 13.2. The van der Waals surface area contributed by atoms with Gasteiger partial charge < -0.3 is 10.6 Å². The van der Waals surface area contributed by atoms with Gasteiger partial charge in [-0.1, -0.05) is 36.4 Å². The minimum Gasteiger partial charge on any atom is -0.337 e. The Kier molecular flexibility index (Phi) is 5.01. The summed E-state index contributed by atoms with van der Waals surface area (Å²) in [6.07, 6.45) is 1.74. The van der Waals surface area contributed by atoms with E-state index >= 15 is 0 Å². The zero-order valence-corrected chi connectivity index (χ0v) is 16.0. The fourth-order valence-corrected chi connectivity index (χ4v) is 4.70. The predicted octanol–water partition coefficient (Wildman–Crippen LogP) is 3.33. The highest BCUT2D eigenvalue weighted by molar-refractivity contribution is 7.17. The van der Waals surface area contributed by atoms with Crippen LogP contribution in [0.5, 0.6) is 0 Å². The lowest BCUT2D eigenvalue weighted by Gasteiger charge is -2.16. The second-order valence-corrected chi connectivity index (χ2v) is 7.87. The Morgan fingerprint density at radius 3 is 2.67 bits per heavy atom. The molecule has 2 atom stereocenters. The van der Waals surface area contributed by atoms with E-state index in [1.165, 1.54) is 16.9 Å². The molecule has 3 heterocycles. The zero-order valence-electron chi connectivity index (χ0n) is 15.2. The summed E-state index contributed by atoms with van der Waals surface area (Å²) in [7, 11) is 0. The maximum atomic E-state index is 13.2. The van der Waals surface area contributed by atoms with Gasteiger partial charge in [0.25, 0.3) is 5.91 Å². The summed E-state index contributed by atoms with van der Waals surface area (Å²) >= 11 is 1.42. The molecule has 27 heavy (non-hydrogen) atoms. The Labute approximate surface area is 162 Å². The van der Waals surface area contributed by atoms with Crippen molar-refractivity contribution in [1.82, 2.24) is 14.9 Å². The topological polar surface area (TPSA) is 72.1 Å². The van der Waals surface area contributed by atoms with E-state index in [-0.39, 0.29) is 17.7 Å². The van der Waals surface area contributed by atoms with Gasteiger partial charge in [0.15, 0.2) is 0 Å². The van der Waals surface area contributed by atoms with Crippen LogP contribution >= 0.6 is 11.3 Å². The minimum atomic E-state index is 0.0454. The van der Waals surface area contributed by atoms with Crippen molar-refractivity contribution in [3.63, 3.8) is 0 Å². The fraction of sp³-hybridized carbons (Fsp3) is 0.286. The average molecular weight is 379 g/mol. The third-order valence-electron chi connectivity index (χ3n) is 5.13. The number of benzene rings is 1. The lowest BCUT2D eigenvalue weighted by atomic mass is 9.89. The normalized spacial score (nSPS) is 19.4. The Bertz CT molecular complexity index is 926. The summed E-state index contributed by atoms with van der Waals surface area (Å²) < 4.78 is 0. The molecular formula is C21H22N4OS. The van der Waals surface area contributed by atoms with Crippen LogP contribution in [0.3, 0.4) is 0 Å². The Balaban J connectivity index is 1.58. The monoisotopic (exact) mass is 378 g/mol. The van der Waals surface area contributed by atoms with Gasteiger partial charge in [-0.2, -0.15) is 0 Å². The van der Waals surface area contributed by atoms with Crippen LogP contribution in [0.2, 0.25) is 0 Å². The number of nitrogens with zero attached hydrogens (tertiary/aromatic N) is 3. The van der Waals surface area contributed by atoms with Crippen LogP contribution in [0.15, 0.2) is 54.7 Å². The van der Waals surface area contributed by atoms with Gasteiger partial charge in [-0.15, -0.1) is 11.3 Å². The molecule has 138 valence electrons. The van der Waals surface area contributed by atoms with Crippen molar-refractivity contribution >= 4 is 17.2 Å². The number of carbonyl (C=O) groups is 1. The lowest BCUT2D eigenvalue weighted by molar-refractivity contribution is 0.0790. The van der Waals surface area contributed by atoms with Crippen molar-refractivity contribution < 1.29 is 4.79 Å². The van der Waals surface area contributed by atoms with Gasteiger partial charge >= 0.3 is 0 Å². The molecule has 5 nitrogen and oxygen atoms in total. The van der Waals surface area contributed by atoms with Gasteiger partial charge in [0.2, 0.25) is 0 Å². The van der Waals surface area contributed by atoms with Crippen molar-refractivity contribution in [2.45, 2.75) is 12.8 Å². The Hall–Kier alpha value is -2.57. The summed E-state index contributed by atoms with van der Waals surface area (Å²) in [6.45, 7) is 3.84. The summed E-state index contributed by atoms with van der Waals surface area (Å²) in [6, 6.07) is 16.1. The molecule has 1 fully saturated rings. The molecule has 1 aliphatic heterocycles. The Morgan fingerprint density at radius 1 is 1.19 bits per heavy atom. The largest absolute Gasteiger partial charge is 0.337 e. The Morgan fingerprint density at radius 2 is 1.96 bits per heavy atom. The number of amides is 1. The first-order chi connectivity index (χ1) is 13.2. The fourth-order valence-electron chi connectivity index (χ4n) is 3.69. The first kappa shape index (κ1) is 17.8. The number of hydrogen-bond acceptors (Lipinski definition) is 5. The summed E-state index contributed by atoms with van der Waals surface area (Å²) in [4.78, 5) is 24.7. The van der Waals surface area contributed by atoms with Crippen molar-refractivity contribution in [1.29, 1.82) is 0 Å². The van der Waals surface area contributed by atoms with Gasteiger partial charge in [-0.05, 0) is 37.1 Å². The maximum Gasteiger partial charge on any atom is 0.265 e. The molecule has 1 aromatic carbocycles. The van der Waals surface area contributed by atoms with Crippen LogP contribution in [-0.2, 0) is 0 Å². The third-order valence-corrected chi connectivity index (χ3v) is 6.30. The number of carbonyl (C=O) groups excluding carboxylic acids is 1. The van der Waals surface area contributed by atoms with E-state index in [1.54, 1.807) is 6.20 Å². The van der Waals surface area contributed by atoms with Crippen LogP contribution in [0.4, 0.5) is 0 Å². The number of thiazole rings is 1. The first-order valence-corrected chi connectivity index (χ1v) is 9.92. The highest BCUT2D eigenvalue weighted by atomic mass is 32.1. The van der Waals surface area contributed by atoms with E-state index in [2.05, 4.69) is 22.1 Å². The second-order valence-electron chi connectivity index (χ2n) is 6.87. The zero-order chi connectivity index (χ0) is 18.8. The molecule has 0 unspecified atom stereocenters. The van der Waals surface area contributed by atoms with E-state index in [1.807, 2.05) is 48.2 Å². The molecular weight excluding hydrogens is 356 g/mol. The molecule has 3 aromatic rings. The molecule has 1 aliphatic rings. The molecule has 1 saturated heterocycles. The highest BCUT2D eigenvalue weighted by Crippen LogP contribution is 2.34. The quantitative estimate of drug-likeness (QED) is 0.756. The summed E-state index contributed by atoms with van der Waals surface area (Å²) in [5, 5.41) is 0.783. The smallest absolute Gasteiger partial charge is 0.265 e. The van der Waals surface area contributed by atoms with Gasteiger partial charge in [-0.25, -0.2) is 4.98 Å². The van der Waals surface area contributed by atoms with E-state index in [0.717, 1.165) is 16.4 Å². The molecule has 0 aliphatic carbocycles. The van der Waals surface area contributed by atoms with Gasteiger partial charge in [0, 0.05) is 25.2 Å². The van der Waals surface area contributed by atoms with Crippen molar-refractivity contribution in [2.75, 3.05) is 19.6 Å². The van der Waals surface area contributed by atoms with Crippen LogP contribution in [0.1, 0.15) is 26.8 Å². The summed E-state index contributed by atoms with van der Waals surface area (Å²) in [5.74, 6) is 0.604. The van der Waals surface area contributed by atoms with Crippen LogP contribution in [0, 0.1) is 12.8 Å². The molecule has 0 radical (unpaired) electrons. The molecule has 1 amide bonds. The standard InChI is InChI=1S/C21H22N4OS/c1-14-19(27-20(24-14)18-9-5-6-10-23-18)21(26)25-12-16(11-22)17(13-25)15-7-3-2-4-8-15/h2-10,16-17H,11-13,22H2,1H3/t16-,17+/m1/s1. The number of aryl methyl sites for hydroxylation is 1. The lowest BCUT2D eigenvalue weighted by Crippen LogP contribution is -2.29.